The summed E-state index contributed by atoms with van der Waals surface area (Å²) in [5.74, 6) is 0. The van der Waals surface area contributed by atoms with Gasteiger partial charge in [-0.3, -0.25) is 4.90 Å². The lowest BCUT2D eigenvalue weighted by atomic mass is 9.96. The molecular formula is C23H24F3N3. The molecule has 2 aliphatic rings. The second kappa shape index (κ2) is 6.87. The van der Waals surface area contributed by atoms with E-state index in [0.717, 1.165) is 36.3 Å². The third-order valence-electron chi connectivity index (χ3n) is 6.42. The average molecular weight is 399 g/mol. The second-order valence-electron chi connectivity index (χ2n) is 8.28. The third kappa shape index (κ3) is 3.23. The SMILES string of the molecule is Cc1cnc2c(c1)c1c(n2CCc2ccc(C(F)(F)F)cc2)CCN2CCCC12. The van der Waals surface area contributed by atoms with Crippen LogP contribution >= 0.6 is 0 Å². The van der Waals surface area contributed by atoms with Crippen LogP contribution in [-0.2, 0) is 25.6 Å². The van der Waals surface area contributed by atoms with Gasteiger partial charge in [-0.05, 0) is 67.6 Å². The molecule has 0 radical (unpaired) electrons. The van der Waals surface area contributed by atoms with E-state index in [1.165, 1.54) is 48.2 Å². The Morgan fingerprint density at radius 1 is 1.14 bits per heavy atom. The van der Waals surface area contributed by atoms with E-state index in [9.17, 15) is 13.2 Å². The van der Waals surface area contributed by atoms with Crippen molar-refractivity contribution in [3.8, 4) is 0 Å². The van der Waals surface area contributed by atoms with E-state index in [0.29, 0.717) is 12.5 Å². The number of hydrogen-bond donors (Lipinski definition) is 0. The van der Waals surface area contributed by atoms with Crippen molar-refractivity contribution < 1.29 is 13.2 Å². The van der Waals surface area contributed by atoms with Crippen LogP contribution in [0.5, 0.6) is 0 Å². The molecule has 3 aromatic rings. The highest BCUT2D eigenvalue weighted by Crippen LogP contribution is 2.42. The van der Waals surface area contributed by atoms with Crippen LogP contribution < -0.4 is 0 Å². The Hall–Kier alpha value is -2.34. The molecule has 152 valence electrons. The van der Waals surface area contributed by atoms with Crippen LogP contribution in [0.1, 0.15) is 46.8 Å². The first-order valence-electron chi connectivity index (χ1n) is 10.3. The summed E-state index contributed by atoms with van der Waals surface area (Å²) < 4.78 is 40.8. The van der Waals surface area contributed by atoms with Crippen LogP contribution in [-0.4, -0.2) is 27.5 Å². The van der Waals surface area contributed by atoms with Gasteiger partial charge < -0.3 is 4.57 Å². The van der Waals surface area contributed by atoms with Crippen LogP contribution in [0.15, 0.2) is 36.5 Å². The number of aromatic nitrogens is 2. The van der Waals surface area contributed by atoms with Crippen molar-refractivity contribution in [2.24, 2.45) is 0 Å². The Morgan fingerprint density at radius 2 is 1.93 bits per heavy atom. The van der Waals surface area contributed by atoms with E-state index in [4.69, 9.17) is 4.98 Å². The molecule has 2 aromatic heterocycles. The van der Waals surface area contributed by atoms with Gasteiger partial charge in [0.05, 0.1) is 5.56 Å². The summed E-state index contributed by atoms with van der Waals surface area (Å²) in [5, 5.41) is 1.25. The molecule has 4 heterocycles. The van der Waals surface area contributed by atoms with Crippen molar-refractivity contribution in [2.75, 3.05) is 13.1 Å². The fraction of sp³-hybridized carbons (Fsp3) is 0.435. The zero-order valence-corrected chi connectivity index (χ0v) is 16.5. The van der Waals surface area contributed by atoms with Crippen molar-refractivity contribution in [1.82, 2.24) is 14.5 Å². The minimum Gasteiger partial charge on any atom is -0.329 e. The second-order valence-corrected chi connectivity index (χ2v) is 8.28. The molecular weight excluding hydrogens is 375 g/mol. The molecule has 29 heavy (non-hydrogen) atoms. The summed E-state index contributed by atoms with van der Waals surface area (Å²) in [7, 11) is 0. The van der Waals surface area contributed by atoms with Gasteiger partial charge in [0.1, 0.15) is 5.65 Å². The fourth-order valence-electron chi connectivity index (χ4n) is 5.06. The number of aryl methyl sites for hydroxylation is 3. The highest BCUT2D eigenvalue weighted by atomic mass is 19.4. The van der Waals surface area contributed by atoms with Crippen molar-refractivity contribution in [3.05, 3.63) is 64.5 Å². The Balaban J connectivity index is 1.49. The lowest BCUT2D eigenvalue weighted by molar-refractivity contribution is -0.137. The molecule has 1 saturated heterocycles. The maximum absolute atomic E-state index is 12.8. The number of benzene rings is 1. The van der Waals surface area contributed by atoms with Crippen LogP contribution in [0.25, 0.3) is 11.0 Å². The van der Waals surface area contributed by atoms with Crippen LogP contribution in [0.3, 0.4) is 0 Å². The third-order valence-corrected chi connectivity index (χ3v) is 6.42. The Morgan fingerprint density at radius 3 is 2.69 bits per heavy atom. The van der Waals surface area contributed by atoms with Crippen LogP contribution in [0.4, 0.5) is 13.2 Å². The molecule has 0 N–H and O–H groups in total. The summed E-state index contributed by atoms with van der Waals surface area (Å²) in [6.07, 6.45) is 1.76. The number of pyridine rings is 1. The topological polar surface area (TPSA) is 21.1 Å². The number of alkyl halides is 3. The summed E-state index contributed by atoms with van der Waals surface area (Å²) in [6, 6.07) is 8.27. The first-order valence-corrected chi connectivity index (χ1v) is 10.3. The first-order chi connectivity index (χ1) is 13.9. The summed E-state index contributed by atoms with van der Waals surface area (Å²) in [4.78, 5) is 7.34. The highest BCUT2D eigenvalue weighted by molar-refractivity contribution is 5.84. The number of rotatable bonds is 3. The van der Waals surface area contributed by atoms with Crippen LogP contribution in [0, 0.1) is 6.92 Å². The largest absolute Gasteiger partial charge is 0.416 e. The smallest absolute Gasteiger partial charge is 0.329 e. The lowest BCUT2D eigenvalue weighted by Gasteiger charge is -2.31. The maximum atomic E-state index is 12.8. The molecule has 0 amide bonds. The molecule has 1 aromatic carbocycles. The van der Waals surface area contributed by atoms with Crippen molar-refractivity contribution >= 4 is 11.0 Å². The van der Waals surface area contributed by atoms with E-state index >= 15 is 0 Å². The Kier molecular flexibility index (Phi) is 4.42. The van der Waals surface area contributed by atoms with E-state index in [-0.39, 0.29) is 0 Å². The van der Waals surface area contributed by atoms with Crippen molar-refractivity contribution in [3.63, 3.8) is 0 Å². The summed E-state index contributed by atoms with van der Waals surface area (Å²) in [6.45, 7) is 5.06. The zero-order chi connectivity index (χ0) is 20.2. The number of nitrogens with zero attached hydrogens (tertiary/aromatic N) is 3. The average Bonchev–Trinajstić information content (AvgIpc) is 3.28. The highest BCUT2D eigenvalue weighted by Gasteiger charge is 2.35. The van der Waals surface area contributed by atoms with Crippen molar-refractivity contribution in [1.29, 1.82) is 0 Å². The Bertz CT molecular complexity index is 1050. The van der Waals surface area contributed by atoms with Gasteiger partial charge in [0.25, 0.3) is 0 Å². The van der Waals surface area contributed by atoms with Gasteiger partial charge >= 0.3 is 6.18 Å². The molecule has 3 nitrogen and oxygen atoms in total. The van der Waals surface area contributed by atoms with Crippen molar-refractivity contribution in [2.45, 2.75) is 51.4 Å². The normalized spacial score (nSPS) is 19.5. The van der Waals surface area contributed by atoms with Gasteiger partial charge in [-0.15, -0.1) is 0 Å². The maximum Gasteiger partial charge on any atom is 0.416 e. The zero-order valence-electron chi connectivity index (χ0n) is 16.5. The molecule has 1 atom stereocenters. The van der Waals surface area contributed by atoms with E-state index in [2.05, 4.69) is 22.5 Å². The van der Waals surface area contributed by atoms with Gasteiger partial charge in [-0.25, -0.2) is 4.98 Å². The minimum atomic E-state index is -4.29. The molecule has 1 fully saturated rings. The fourth-order valence-corrected chi connectivity index (χ4v) is 5.06. The lowest BCUT2D eigenvalue weighted by Crippen LogP contribution is -2.31. The minimum absolute atomic E-state index is 0.483. The van der Waals surface area contributed by atoms with Crippen LogP contribution in [0.2, 0.25) is 0 Å². The van der Waals surface area contributed by atoms with Gasteiger partial charge in [-0.1, -0.05) is 12.1 Å². The molecule has 0 aliphatic carbocycles. The first kappa shape index (κ1) is 18.7. The summed E-state index contributed by atoms with van der Waals surface area (Å²) in [5.41, 5.74) is 5.31. The van der Waals surface area contributed by atoms with Gasteiger partial charge in [0, 0.05) is 42.8 Å². The van der Waals surface area contributed by atoms with Gasteiger partial charge in [-0.2, -0.15) is 13.2 Å². The van der Waals surface area contributed by atoms with Gasteiger partial charge in [0.2, 0.25) is 0 Å². The molecule has 1 unspecified atom stereocenters. The van der Waals surface area contributed by atoms with Gasteiger partial charge in [0.15, 0.2) is 0 Å². The number of hydrogen-bond acceptors (Lipinski definition) is 2. The Labute approximate surface area is 168 Å². The van der Waals surface area contributed by atoms with E-state index < -0.39 is 11.7 Å². The monoisotopic (exact) mass is 399 g/mol. The molecule has 6 heteroatoms. The predicted octanol–water partition coefficient (Wildman–Crippen LogP) is 5.30. The molecule has 0 spiro atoms. The number of fused-ring (bicyclic) bond motifs is 5. The molecule has 0 saturated carbocycles. The molecule has 5 rings (SSSR count). The van der Waals surface area contributed by atoms with E-state index in [1.54, 1.807) is 12.1 Å². The molecule has 2 aliphatic heterocycles. The van der Waals surface area contributed by atoms with E-state index in [1.807, 2.05) is 6.20 Å². The molecule has 0 bridgehead atoms. The summed E-state index contributed by atoms with van der Waals surface area (Å²) >= 11 is 0. The quantitative estimate of drug-likeness (QED) is 0.596. The predicted molar refractivity (Wildman–Crippen MR) is 107 cm³/mol. The standard InChI is InChI=1S/C23H24F3N3/c1-15-13-18-21-19-3-2-10-28(19)11-9-20(21)29(22(18)27-14-15)12-8-16-4-6-17(7-5-16)23(24,25)26/h4-7,13-14,19H,2-3,8-12H2,1H3. The number of halogens is 3.